The molecule has 0 aliphatic heterocycles. The Hall–Kier alpha value is -3.85. The number of hydrogen-bond donors (Lipinski definition) is 1. The van der Waals surface area contributed by atoms with Gasteiger partial charge in [-0.1, -0.05) is 48.5 Å². The normalized spacial score (nSPS) is 10.3. The van der Waals surface area contributed by atoms with Gasteiger partial charge in [0.1, 0.15) is 17.4 Å². The third-order valence-corrected chi connectivity index (χ3v) is 4.38. The summed E-state index contributed by atoms with van der Waals surface area (Å²) in [6.07, 6.45) is 0. The van der Waals surface area contributed by atoms with Crippen LogP contribution in [-0.4, -0.2) is 22.1 Å². The van der Waals surface area contributed by atoms with Crippen LogP contribution in [0.5, 0.6) is 11.6 Å². The summed E-state index contributed by atoms with van der Waals surface area (Å²) >= 11 is 0. The Balaban J connectivity index is 2.00. The number of aromatic hydroxyl groups is 1. The van der Waals surface area contributed by atoms with Crippen LogP contribution < -0.4 is 10.3 Å². The van der Waals surface area contributed by atoms with Gasteiger partial charge in [0.15, 0.2) is 6.61 Å². The van der Waals surface area contributed by atoms with E-state index >= 15 is 0 Å². The van der Waals surface area contributed by atoms with Gasteiger partial charge >= 0.3 is 0 Å². The quantitative estimate of drug-likeness (QED) is 0.670. The fourth-order valence-electron chi connectivity index (χ4n) is 2.94. The predicted octanol–water partition coefficient (Wildman–Crippen LogP) is 3.04. The third-order valence-electron chi connectivity index (χ3n) is 4.38. The van der Waals surface area contributed by atoms with E-state index in [0.29, 0.717) is 5.75 Å². The highest BCUT2D eigenvalue weighted by Gasteiger charge is 2.24. The van der Waals surface area contributed by atoms with Crippen molar-refractivity contribution in [3.05, 3.63) is 93.3 Å². The Labute approximate surface area is 161 Å². The van der Waals surface area contributed by atoms with Crippen LogP contribution in [0.25, 0.3) is 0 Å². The SMILES string of the molecule is Cc1c(C(=O)COc2ccccc2)c(O)n(Cc2ccccc2)c(=O)c1C#N. The molecule has 6 heteroatoms. The smallest absolute Gasteiger partial charge is 0.271 e. The number of nitrogens with zero attached hydrogens (tertiary/aromatic N) is 2. The molecule has 1 heterocycles. The van der Waals surface area contributed by atoms with Crippen LogP contribution in [0.2, 0.25) is 0 Å². The first-order chi connectivity index (χ1) is 13.5. The van der Waals surface area contributed by atoms with Gasteiger partial charge < -0.3 is 9.84 Å². The van der Waals surface area contributed by atoms with Crippen LogP contribution >= 0.6 is 0 Å². The van der Waals surface area contributed by atoms with E-state index in [1.807, 2.05) is 18.2 Å². The highest BCUT2D eigenvalue weighted by molar-refractivity contribution is 6.01. The van der Waals surface area contributed by atoms with Gasteiger partial charge in [0.25, 0.3) is 5.56 Å². The fraction of sp³-hybridized carbons (Fsp3) is 0.136. The minimum absolute atomic E-state index is 0.0420. The minimum Gasteiger partial charge on any atom is -0.494 e. The van der Waals surface area contributed by atoms with E-state index in [4.69, 9.17) is 4.74 Å². The number of nitriles is 1. The van der Waals surface area contributed by atoms with E-state index in [0.717, 1.165) is 10.1 Å². The van der Waals surface area contributed by atoms with Crippen LogP contribution in [0.3, 0.4) is 0 Å². The molecule has 28 heavy (non-hydrogen) atoms. The van der Waals surface area contributed by atoms with Crippen molar-refractivity contribution in [2.45, 2.75) is 13.5 Å². The summed E-state index contributed by atoms with van der Waals surface area (Å²) in [7, 11) is 0. The van der Waals surface area contributed by atoms with E-state index in [-0.39, 0.29) is 29.8 Å². The average molecular weight is 374 g/mol. The van der Waals surface area contributed by atoms with Gasteiger partial charge in [-0.2, -0.15) is 5.26 Å². The van der Waals surface area contributed by atoms with Gasteiger partial charge in [0.05, 0.1) is 12.1 Å². The maximum atomic E-state index is 12.7. The van der Waals surface area contributed by atoms with Crippen molar-refractivity contribution in [2.24, 2.45) is 0 Å². The van der Waals surface area contributed by atoms with Crippen molar-refractivity contribution in [1.29, 1.82) is 5.26 Å². The Morgan fingerprint density at radius 2 is 1.71 bits per heavy atom. The fourth-order valence-corrected chi connectivity index (χ4v) is 2.94. The molecule has 0 radical (unpaired) electrons. The second kappa shape index (κ2) is 8.23. The monoisotopic (exact) mass is 374 g/mol. The standard InChI is InChI=1S/C22H18N2O4/c1-15-18(12-23)21(26)24(13-16-8-4-2-5-9-16)22(27)20(15)19(25)14-28-17-10-6-3-7-11-17/h2-11,27H,13-14H2,1H3. The third kappa shape index (κ3) is 3.79. The molecule has 0 unspecified atom stereocenters. The van der Waals surface area contributed by atoms with Crippen LogP contribution in [-0.2, 0) is 6.54 Å². The summed E-state index contributed by atoms with van der Waals surface area (Å²) in [5, 5.41) is 20.1. The summed E-state index contributed by atoms with van der Waals surface area (Å²) < 4.78 is 6.50. The second-order valence-corrected chi connectivity index (χ2v) is 6.21. The van der Waals surface area contributed by atoms with Crippen LogP contribution in [0.4, 0.5) is 0 Å². The summed E-state index contributed by atoms with van der Waals surface area (Å²) in [5.74, 6) is -0.477. The number of ketones is 1. The number of benzene rings is 2. The largest absolute Gasteiger partial charge is 0.494 e. The molecule has 0 atom stereocenters. The maximum Gasteiger partial charge on any atom is 0.271 e. The van der Waals surface area contributed by atoms with Gasteiger partial charge in [-0.25, -0.2) is 0 Å². The first-order valence-electron chi connectivity index (χ1n) is 8.64. The predicted molar refractivity (Wildman–Crippen MR) is 104 cm³/mol. The number of para-hydroxylation sites is 1. The summed E-state index contributed by atoms with van der Waals surface area (Å²) in [5.41, 5.74) is 0.0178. The van der Waals surface area contributed by atoms with Crippen molar-refractivity contribution >= 4 is 5.78 Å². The molecule has 0 fully saturated rings. The minimum atomic E-state index is -0.637. The van der Waals surface area contributed by atoms with Crippen LogP contribution in [0, 0.1) is 18.3 Å². The molecule has 0 bridgehead atoms. The molecule has 140 valence electrons. The number of carbonyl (C=O) groups excluding carboxylic acids is 1. The number of hydrogen-bond acceptors (Lipinski definition) is 5. The second-order valence-electron chi connectivity index (χ2n) is 6.21. The first-order valence-corrected chi connectivity index (χ1v) is 8.64. The molecule has 0 spiro atoms. The molecule has 0 saturated carbocycles. The maximum absolute atomic E-state index is 12.7. The lowest BCUT2D eigenvalue weighted by Crippen LogP contribution is -2.28. The van der Waals surface area contributed by atoms with Gasteiger partial charge in [-0.05, 0) is 30.2 Å². The number of rotatable bonds is 6. The van der Waals surface area contributed by atoms with Crippen molar-refractivity contribution in [2.75, 3.05) is 6.61 Å². The van der Waals surface area contributed by atoms with Gasteiger partial charge in [0.2, 0.25) is 11.7 Å². The number of ether oxygens (including phenoxy) is 1. The Morgan fingerprint density at radius 1 is 1.11 bits per heavy atom. The van der Waals surface area contributed by atoms with Gasteiger partial charge in [-0.15, -0.1) is 0 Å². The molecule has 2 aromatic carbocycles. The van der Waals surface area contributed by atoms with E-state index in [2.05, 4.69) is 0 Å². The Morgan fingerprint density at radius 3 is 2.32 bits per heavy atom. The van der Waals surface area contributed by atoms with E-state index < -0.39 is 17.2 Å². The van der Waals surface area contributed by atoms with Gasteiger partial charge in [-0.3, -0.25) is 14.2 Å². The van der Waals surface area contributed by atoms with Crippen LogP contribution in [0.15, 0.2) is 65.5 Å². The van der Waals surface area contributed by atoms with E-state index in [9.17, 15) is 20.0 Å². The van der Waals surface area contributed by atoms with Crippen molar-refractivity contribution in [3.8, 4) is 17.7 Å². The highest BCUT2D eigenvalue weighted by Crippen LogP contribution is 2.23. The first kappa shape index (κ1) is 18.9. The highest BCUT2D eigenvalue weighted by atomic mass is 16.5. The molecule has 1 aromatic heterocycles. The summed E-state index contributed by atoms with van der Waals surface area (Å²) in [6.45, 7) is 1.19. The number of aromatic nitrogens is 1. The number of pyridine rings is 1. The zero-order valence-corrected chi connectivity index (χ0v) is 15.3. The molecule has 0 amide bonds. The lowest BCUT2D eigenvalue weighted by molar-refractivity contribution is 0.0916. The van der Waals surface area contributed by atoms with Gasteiger partial charge in [0, 0.05) is 0 Å². The van der Waals surface area contributed by atoms with E-state index in [1.165, 1.54) is 6.92 Å². The van der Waals surface area contributed by atoms with Crippen LogP contribution in [0.1, 0.15) is 27.0 Å². The topological polar surface area (TPSA) is 92.3 Å². The zero-order chi connectivity index (χ0) is 20.1. The molecule has 0 saturated heterocycles. The van der Waals surface area contributed by atoms with Crippen molar-refractivity contribution < 1.29 is 14.6 Å². The Bertz CT molecular complexity index is 1100. The molecule has 6 nitrogen and oxygen atoms in total. The van der Waals surface area contributed by atoms with Crippen molar-refractivity contribution in [1.82, 2.24) is 4.57 Å². The molecule has 0 aliphatic rings. The number of Topliss-reactive ketones (excluding diaryl/α,β-unsaturated/α-hetero) is 1. The van der Waals surface area contributed by atoms with E-state index in [1.54, 1.807) is 48.5 Å². The molecule has 0 aliphatic carbocycles. The molecule has 3 rings (SSSR count). The molecular formula is C22H18N2O4. The summed E-state index contributed by atoms with van der Waals surface area (Å²) in [6, 6.07) is 19.6. The Kier molecular flexibility index (Phi) is 5.56. The zero-order valence-electron chi connectivity index (χ0n) is 15.3. The molecule has 3 aromatic rings. The molecule has 1 N–H and O–H groups in total. The lowest BCUT2D eigenvalue weighted by Gasteiger charge is -2.16. The number of carbonyl (C=O) groups is 1. The lowest BCUT2D eigenvalue weighted by atomic mass is 10.0. The average Bonchev–Trinajstić information content (AvgIpc) is 2.71. The summed E-state index contributed by atoms with van der Waals surface area (Å²) in [4.78, 5) is 25.4. The van der Waals surface area contributed by atoms with Crippen molar-refractivity contribution in [3.63, 3.8) is 0 Å². The molecular weight excluding hydrogens is 356 g/mol.